The largest absolute Gasteiger partial charge is 0.480 e. The second kappa shape index (κ2) is 6.54. The molecule has 1 amide bonds. The molecule has 0 aliphatic heterocycles. The summed E-state index contributed by atoms with van der Waals surface area (Å²) in [6.07, 6.45) is 4.39. The molecular formula is C13H21NO4. The van der Waals surface area contributed by atoms with Gasteiger partial charge in [0.25, 0.3) is 0 Å². The van der Waals surface area contributed by atoms with Crippen LogP contribution in [0.3, 0.4) is 0 Å². The molecule has 0 bridgehead atoms. The van der Waals surface area contributed by atoms with Gasteiger partial charge in [0.05, 0.1) is 6.61 Å². The SMILES string of the molecule is C=CCCOC(C)C(=O)NC1(C(=O)O)CCCC1. The van der Waals surface area contributed by atoms with Crippen molar-refractivity contribution in [2.75, 3.05) is 6.61 Å². The lowest BCUT2D eigenvalue weighted by Crippen LogP contribution is -2.55. The predicted octanol–water partition coefficient (Wildman–Crippen LogP) is 1.48. The molecule has 1 saturated carbocycles. The van der Waals surface area contributed by atoms with E-state index in [9.17, 15) is 14.7 Å². The van der Waals surface area contributed by atoms with Crippen LogP contribution in [0.1, 0.15) is 39.0 Å². The van der Waals surface area contributed by atoms with Crippen LogP contribution in [0.5, 0.6) is 0 Å². The molecule has 5 heteroatoms. The fourth-order valence-electron chi connectivity index (χ4n) is 2.11. The van der Waals surface area contributed by atoms with Gasteiger partial charge in [0.2, 0.25) is 5.91 Å². The number of amides is 1. The molecule has 18 heavy (non-hydrogen) atoms. The Bertz CT molecular complexity index is 321. The minimum Gasteiger partial charge on any atom is -0.480 e. The standard InChI is InChI=1S/C13H21NO4/c1-3-4-9-18-10(2)11(15)14-13(12(16)17)7-5-6-8-13/h3,10H,1,4-9H2,2H3,(H,14,15)(H,16,17). The lowest BCUT2D eigenvalue weighted by atomic mass is 9.97. The Balaban J connectivity index is 2.51. The van der Waals surface area contributed by atoms with Crippen LogP contribution in [0.25, 0.3) is 0 Å². The minimum atomic E-state index is -1.09. The maximum atomic E-state index is 11.9. The predicted molar refractivity (Wildman–Crippen MR) is 67.2 cm³/mol. The zero-order valence-corrected chi connectivity index (χ0v) is 10.8. The third-order valence-corrected chi connectivity index (χ3v) is 3.29. The zero-order chi connectivity index (χ0) is 13.6. The molecule has 1 atom stereocenters. The van der Waals surface area contributed by atoms with Crippen molar-refractivity contribution in [1.82, 2.24) is 5.32 Å². The van der Waals surface area contributed by atoms with E-state index in [2.05, 4.69) is 11.9 Å². The van der Waals surface area contributed by atoms with E-state index in [1.165, 1.54) is 0 Å². The molecule has 0 spiro atoms. The quantitative estimate of drug-likeness (QED) is 0.533. The summed E-state index contributed by atoms with van der Waals surface area (Å²) in [5.74, 6) is -1.31. The normalized spacial score (nSPS) is 19.2. The Morgan fingerprint density at radius 1 is 1.50 bits per heavy atom. The highest BCUT2D eigenvalue weighted by molar-refractivity contribution is 5.89. The van der Waals surface area contributed by atoms with E-state index < -0.39 is 17.6 Å². The van der Waals surface area contributed by atoms with E-state index >= 15 is 0 Å². The van der Waals surface area contributed by atoms with Crippen LogP contribution in [0.15, 0.2) is 12.7 Å². The third kappa shape index (κ3) is 3.57. The van der Waals surface area contributed by atoms with Crippen LogP contribution in [-0.4, -0.2) is 35.2 Å². The van der Waals surface area contributed by atoms with Gasteiger partial charge in [-0.15, -0.1) is 6.58 Å². The summed E-state index contributed by atoms with van der Waals surface area (Å²) in [4.78, 5) is 23.2. The van der Waals surface area contributed by atoms with Gasteiger partial charge >= 0.3 is 5.97 Å². The number of ether oxygens (including phenoxy) is 1. The highest BCUT2D eigenvalue weighted by Gasteiger charge is 2.43. The van der Waals surface area contributed by atoms with Gasteiger partial charge in [-0.1, -0.05) is 18.9 Å². The Labute approximate surface area is 107 Å². The van der Waals surface area contributed by atoms with E-state index in [1.54, 1.807) is 13.0 Å². The fraction of sp³-hybridized carbons (Fsp3) is 0.692. The van der Waals surface area contributed by atoms with Crippen LogP contribution >= 0.6 is 0 Å². The van der Waals surface area contributed by atoms with Crippen LogP contribution in [0, 0.1) is 0 Å². The van der Waals surface area contributed by atoms with E-state index in [0.717, 1.165) is 12.8 Å². The van der Waals surface area contributed by atoms with Crippen LogP contribution in [-0.2, 0) is 14.3 Å². The van der Waals surface area contributed by atoms with Crippen molar-refractivity contribution >= 4 is 11.9 Å². The summed E-state index contributed by atoms with van der Waals surface area (Å²) in [6, 6.07) is 0. The molecule has 1 aliphatic rings. The molecule has 2 N–H and O–H groups in total. The van der Waals surface area contributed by atoms with Crippen molar-refractivity contribution in [2.45, 2.75) is 50.7 Å². The van der Waals surface area contributed by atoms with Gasteiger partial charge in [-0.05, 0) is 26.2 Å². The third-order valence-electron chi connectivity index (χ3n) is 3.29. The molecule has 0 radical (unpaired) electrons. The first-order valence-corrected chi connectivity index (χ1v) is 6.30. The number of nitrogens with one attached hydrogen (secondary N) is 1. The summed E-state index contributed by atoms with van der Waals surface area (Å²) >= 11 is 0. The molecule has 1 rings (SSSR count). The van der Waals surface area contributed by atoms with Crippen molar-refractivity contribution in [3.63, 3.8) is 0 Å². The highest BCUT2D eigenvalue weighted by atomic mass is 16.5. The van der Waals surface area contributed by atoms with E-state index in [0.29, 0.717) is 25.9 Å². The molecule has 102 valence electrons. The summed E-state index contributed by atoms with van der Waals surface area (Å²) in [7, 11) is 0. The molecule has 1 unspecified atom stereocenters. The van der Waals surface area contributed by atoms with Gasteiger partial charge in [0.15, 0.2) is 0 Å². The first-order valence-electron chi connectivity index (χ1n) is 6.30. The van der Waals surface area contributed by atoms with Crippen molar-refractivity contribution in [1.29, 1.82) is 0 Å². The number of carboxylic acid groups (broad SMARTS) is 1. The maximum absolute atomic E-state index is 11.9. The number of rotatable bonds is 7. The average Bonchev–Trinajstić information content (AvgIpc) is 2.79. The summed E-state index contributed by atoms with van der Waals surface area (Å²) in [5.41, 5.74) is -1.09. The van der Waals surface area contributed by atoms with Crippen LogP contribution < -0.4 is 5.32 Å². The van der Waals surface area contributed by atoms with Crippen molar-refractivity contribution in [2.24, 2.45) is 0 Å². The lowest BCUT2D eigenvalue weighted by Gasteiger charge is -2.27. The Kier molecular flexibility index (Phi) is 5.34. The molecule has 0 aromatic rings. The summed E-state index contributed by atoms with van der Waals surface area (Å²) in [6.45, 7) is 5.60. The first-order chi connectivity index (χ1) is 8.52. The molecule has 1 aliphatic carbocycles. The Hall–Kier alpha value is -1.36. The zero-order valence-electron chi connectivity index (χ0n) is 10.8. The number of hydrogen-bond acceptors (Lipinski definition) is 3. The van der Waals surface area contributed by atoms with Gasteiger partial charge in [0.1, 0.15) is 11.6 Å². The number of carbonyl (C=O) groups is 2. The smallest absolute Gasteiger partial charge is 0.329 e. The van der Waals surface area contributed by atoms with Crippen LogP contribution in [0.2, 0.25) is 0 Å². The van der Waals surface area contributed by atoms with E-state index in [-0.39, 0.29) is 5.91 Å². The summed E-state index contributed by atoms with van der Waals surface area (Å²) in [5, 5.41) is 11.9. The van der Waals surface area contributed by atoms with Gasteiger partial charge in [-0.3, -0.25) is 4.79 Å². The van der Waals surface area contributed by atoms with Gasteiger partial charge < -0.3 is 15.2 Å². The molecule has 0 saturated heterocycles. The lowest BCUT2D eigenvalue weighted by molar-refractivity contribution is -0.149. The molecule has 5 nitrogen and oxygen atoms in total. The topological polar surface area (TPSA) is 75.6 Å². The number of carboxylic acids is 1. The molecule has 0 aromatic carbocycles. The number of hydrogen-bond donors (Lipinski definition) is 2. The highest BCUT2D eigenvalue weighted by Crippen LogP contribution is 2.30. The van der Waals surface area contributed by atoms with Gasteiger partial charge in [-0.25, -0.2) is 4.79 Å². The monoisotopic (exact) mass is 255 g/mol. The summed E-state index contributed by atoms with van der Waals surface area (Å²) < 4.78 is 5.30. The number of aliphatic carboxylic acids is 1. The maximum Gasteiger partial charge on any atom is 0.329 e. The average molecular weight is 255 g/mol. The van der Waals surface area contributed by atoms with Crippen LogP contribution in [0.4, 0.5) is 0 Å². The van der Waals surface area contributed by atoms with Gasteiger partial charge in [0, 0.05) is 0 Å². The second-order valence-electron chi connectivity index (χ2n) is 4.67. The molecule has 0 heterocycles. The number of carbonyl (C=O) groups excluding carboxylic acids is 1. The van der Waals surface area contributed by atoms with E-state index in [1.807, 2.05) is 0 Å². The van der Waals surface area contributed by atoms with Crippen molar-refractivity contribution < 1.29 is 19.4 Å². The van der Waals surface area contributed by atoms with E-state index in [4.69, 9.17) is 4.74 Å². The Morgan fingerprint density at radius 2 is 2.11 bits per heavy atom. The minimum absolute atomic E-state index is 0.358. The first kappa shape index (κ1) is 14.7. The molecule has 1 fully saturated rings. The van der Waals surface area contributed by atoms with Crippen molar-refractivity contribution in [3.8, 4) is 0 Å². The second-order valence-corrected chi connectivity index (χ2v) is 4.67. The fourth-order valence-corrected chi connectivity index (χ4v) is 2.11. The van der Waals surface area contributed by atoms with Gasteiger partial charge in [-0.2, -0.15) is 0 Å². The Morgan fingerprint density at radius 3 is 2.61 bits per heavy atom. The molecule has 0 aromatic heterocycles. The van der Waals surface area contributed by atoms with Crippen molar-refractivity contribution in [3.05, 3.63) is 12.7 Å². The molecular weight excluding hydrogens is 234 g/mol.